The summed E-state index contributed by atoms with van der Waals surface area (Å²) in [4.78, 5) is 37.0. The average Bonchev–Trinajstić information content (AvgIpc) is 3.38. The van der Waals surface area contributed by atoms with E-state index in [1.54, 1.807) is 54.6 Å². The van der Waals surface area contributed by atoms with E-state index in [2.05, 4.69) is 5.32 Å². The summed E-state index contributed by atoms with van der Waals surface area (Å²) in [5.41, 5.74) is 2.28. The monoisotopic (exact) mass is 551 g/mol. The van der Waals surface area contributed by atoms with E-state index in [1.165, 1.54) is 19.2 Å². The van der Waals surface area contributed by atoms with Gasteiger partial charge in [-0.3, -0.25) is 4.79 Å². The molecule has 11 heteroatoms. The molecule has 0 spiro atoms. The van der Waals surface area contributed by atoms with Gasteiger partial charge in [-0.15, -0.1) is 0 Å². The highest BCUT2D eigenvalue weighted by Crippen LogP contribution is 2.31. The Morgan fingerprint density at radius 3 is 2.10 bits per heavy atom. The van der Waals surface area contributed by atoms with Crippen molar-refractivity contribution in [3.8, 4) is 0 Å². The Bertz CT molecular complexity index is 1470. The Labute approximate surface area is 226 Å². The molecule has 0 fully saturated rings. The number of aromatic nitrogens is 1. The highest BCUT2D eigenvalue weighted by atomic mass is 32.2. The van der Waals surface area contributed by atoms with Gasteiger partial charge in [-0.2, -0.15) is 8.42 Å². The molecule has 1 unspecified atom stereocenters. The lowest BCUT2D eigenvalue weighted by Gasteiger charge is -2.23. The lowest BCUT2D eigenvalue weighted by atomic mass is 9.90. The number of carbonyl (C=O) groups excluding carboxylic acids is 3. The van der Waals surface area contributed by atoms with Crippen LogP contribution in [0.25, 0.3) is 5.57 Å². The van der Waals surface area contributed by atoms with Gasteiger partial charge in [0.2, 0.25) is 5.91 Å². The van der Waals surface area contributed by atoms with Crippen LogP contribution >= 0.6 is 0 Å². The SMILES string of the molecule is CC(=O)NC1CC=C(c2ccn(S(=O)(=O)NC(=O)OCc3ccccc3)c2C(=O)OCc2ccccc2)CC1. The number of amides is 2. The summed E-state index contributed by atoms with van der Waals surface area (Å²) in [5, 5.41) is 2.87. The predicted molar refractivity (Wildman–Crippen MR) is 144 cm³/mol. The Morgan fingerprint density at radius 1 is 0.923 bits per heavy atom. The predicted octanol–water partition coefficient (Wildman–Crippen LogP) is 3.94. The van der Waals surface area contributed by atoms with E-state index < -0.39 is 22.3 Å². The maximum absolute atomic E-state index is 13.3. The molecule has 1 aliphatic carbocycles. The highest BCUT2D eigenvalue weighted by Gasteiger charge is 2.30. The lowest BCUT2D eigenvalue weighted by Crippen LogP contribution is -2.37. The molecule has 2 aromatic carbocycles. The van der Waals surface area contributed by atoms with Crippen molar-refractivity contribution in [3.05, 3.63) is 101 Å². The summed E-state index contributed by atoms with van der Waals surface area (Å²) >= 11 is 0. The summed E-state index contributed by atoms with van der Waals surface area (Å²) in [6.45, 7) is 1.25. The van der Waals surface area contributed by atoms with Crippen molar-refractivity contribution in [2.75, 3.05) is 0 Å². The normalized spacial score (nSPS) is 15.1. The van der Waals surface area contributed by atoms with Crippen molar-refractivity contribution in [1.82, 2.24) is 14.0 Å². The molecule has 0 aliphatic heterocycles. The zero-order valence-electron chi connectivity index (χ0n) is 21.3. The number of hydrogen-bond acceptors (Lipinski definition) is 7. The number of carbonyl (C=O) groups is 3. The van der Waals surface area contributed by atoms with Crippen LogP contribution in [0, 0.1) is 0 Å². The summed E-state index contributed by atoms with van der Waals surface area (Å²) < 4.78 is 39.5. The second-order valence-electron chi connectivity index (χ2n) is 9.01. The first-order chi connectivity index (χ1) is 18.7. The number of nitrogens with zero attached hydrogens (tertiary/aromatic N) is 1. The fourth-order valence-electron chi connectivity index (χ4n) is 4.27. The first-order valence-corrected chi connectivity index (χ1v) is 13.8. The summed E-state index contributed by atoms with van der Waals surface area (Å²) in [7, 11) is -4.56. The Balaban J connectivity index is 1.57. The molecule has 0 saturated carbocycles. The highest BCUT2D eigenvalue weighted by molar-refractivity contribution is 7.88. The Hall–Kier alpha value is -4.38. The Kier molecular flexibility index (Phi) is 8.82. The number of nitrogens with one attached hydrogen (secondary N) is 2. The second kappa shape index (κ2) is 12.4. The Morgan fingerprint density at radius 2 is 1.54 bits per heavy atom. The molecule has 204 valence electrons. The van der Waals surface area contributed by atoms with E-state index in [9.17, 15) is 22.8 Å². The van der Waals surface area contributed by atoms with Gasteiger partial charge in [0.25, 0.3) is 0 Å². The van der Waals surface area contributed by atoms with Gasteiger partial charge in [-0.05, 0) is 42.0 Å². The van der Waals surface area contributed by atoms with Crippen LogP contribution in [0.5, 0.6) is 0 Å². The van der Waals surface area contributed by atoms with Crippen molar-refractivity contribution in [3.63, 3.8) is 0 Å². The first kappa shape index (κ1) is 27.6. The number of benzene rings is 2. The minimum Gasteiger partial charge on any atom is -0.456 e. The minimum atomic E-state index is -4.56. The van der Waals surface area contributed by atoms with Crippen LogP contribution in [0.3, 0.4) is 0 Å². The minimum absolute atomic E-state index is 0.0494. The van der Waals surface area contributed by atoms with Crippen LogP contribution in [0.15, 0.2) is 79.0 Å². The summed E-state index contributed by atoms with van der Waals surface area (Å²) in [6, 6.07) is 19.2. The number of hydrogen-bond donors (Lipinski definition) is 2. The van der Waals surface area contributed by atoms with Gasteiger partial charge in [-0.1, -0.05) is 66.7 Å². The van der Waals surface area contributed by atoms with E-state index in [0.717, 1.165) is 11.1 Å². The molecular weight excluding hydrogens is 522 g/mol. The van der Waals surface area contributed by atoms with Crippen molar-refractivity contribution in [1.29, 1.82) is 0 Å². The van der Waals surface area contributed by atoms with Crippen molar-refractivity contribution in [2.24, 2.45) is 0 Å². The number of allylic oxidation sites excluding steroid dienone is 1. The van der Waals surface area contributed by atoms with Crippen LogP contribution in [-0.2, 0) is 37.7 Å². The maximum atomic E-state index is 13.3. The standard InChI is InChI=1S/C28H29N3O7S/c1-20(32)29-24-14-12-23(13-15-24)25-16-17-31(26(25)27(33)37-18-21-8-4-2-5-9-21)39(35,36)30-28(34)38-19-22-10-6-3-7-11-22/h2-12,16-17,24H,13-15,18-19H2,1H3,(H,29,32)(H,30,34). The molecule has 2 N–H and O–H groups in total. The molecule has 39 heavy (non-hydrogen) atoms. The van der Waals surface area contributed by atoms with Crippen LogP contribution in [0.1, 0.15) is 53.4 Å². The zero-order valence-corrected chi connectivity index (χ0v) is 22.1. The quantitative estimate of drug-likeness (QED) is 0.385. The fraction of sp³-hybridized carbons (Fsp3) is 0.250. The van der Waals surface area contributed by atoms with Gasteiger partial charge >= 0.3 is 22.3 Å². The molecule has 2 amide bonds. The molecular formula is C28H29N3O7S. The molecule has 0 saturated heterocycles. The molecule has 1 atom stereocenters. The van der Waals surface area contributed by atoms with Crippen LogP contribution in [0.4, 0.5) is 4.79 Å². The average molecular weight is 552 g/mol. The van der Waals surface area contributed by atoms with Gasteiger partial charge in [0.05, 0.1) is 0 Å². The summed E-state index contributed by atoms with van der Waals surface area (Å²) in [6.07, 6.45) is 3.52. The van der Waals surface area contributed by atoms with E-state index in [1.807, 2.05) is 16.9 Å². The molecule has 0 radical (unpaired) electrons. The molecule has 1 aliphatic rings. The van der Waals surface area contributed by atoms with E-state index in [4.69, 9.17) is 9.47 Å². The van der Waals surface area contributed by atoms with E-state index in [-0.39, 0.29) is 30.9 Å². The smallest absolute Gasteiger partial charge is 0.422 e. The van der Waals surface area contributed by atoms with Gasteiger partial charge < -0.3 is 14.8 Å². The van der Waals surface area contributed by atoms with Crippen molar-refractivity contribution >= 4 is 33.8 Å². The van der Waals surface area contributed by atoms with Gasteiger partial charge in [0, 0.05) is 24.7 Å². The molecule has 3 aromatic rings. The topological polar surface area (TPSA) is 133 Å². The third-order valence-corrected chi connectivity index (χ3v) is 7.35. The molecule has 0 bridgehead atoms. The first-order valence-electron chi connectivity index (χ1n) is 12.4. The van der Waals surface area contributed by atoms with Gasteiger partial charge in [-0.25, -0.2) is 18.3 Å². The molecule has 1 heterocycles. The molecule has 10 nitrogen and oxygen atoms in total. The van der Waals surface area contributed by atoms with E-state index in [0.29, 0.717) is 34.4 Å². The van der Waals surface area contributed by atoms with Gasteiger partial charge in [0.15, 0.2) is 5.69 Å². The fourth-order valence-corrected chi connectivity index (χ4v) is 5.27. The molecule has 1 aromatic heterocycles. The van der Waals surface area contributed by atoms with Gasteiger partial charge in [0.1, 0.15) is 13.2 Å². The third-order valence-electron chi connectivity index (χ3n) is 6.11. The summed E-state index contributed by atoms with van der Waals surface area (Å²) in [5.74, 6) is -1.00. The van der Waals surface area contributed by atoms with Crippen LogP contribution in [-0.4, -0.2) is 36.4 Å². The van der Waals surface area contributed by atoms with Crippen molar-refractivity contribution in [2.45, 2.75) is 45.4 Å². The third kappa shape index (κ3) is 7.35. The molecule has 4 rings (SSSR count). The zero-order chi connectivity index (χ0) is 27.8. The number of ether oxygens (including phenoxy) is 2. The van der Waals surface area contributed by atoms with Crippen LogP contribution < -0.4 is 10.0 Å². The van der Waals surface area contributed by atoms with Crippen LogP contribution in [0.2, 0.25) is 0 Å². The second-order valence-corrected chi connectivity index (χ2v) is 10.6. The van der Waals surface area contributed by atoms with E-state index >= 15 is 0 Å². The number of esters is 1. The maximum Gasteiger partial charge on any atom is 0.422 e. The lowest BCUT2D eigenvalue weighted by molar-refractivity contribution is -0.119. The number of rotatable bonds is 9. The van der Waals surface area contributed by atoms with Crippen molar-refractivity contribution < 1.29 is 32.3 Å². The largest absolute Gasteiger partial charge is 0.456 e.